The third-order valence-corrected chi connectivity index (χ3v) is 5.38. The molecule has 0 atom stereocenters. The summed E-state index contributed by atoms with van der Waals surface area (Å²) in [6.07, 6.45) is 0. The number of imide groups is 1. The Morgan fingerprint density at radius 2 is 1.37 bits per heavy atom. The van der Waals surface area contributed by atoms with Crippen LogP contribution in [0.25, 0.3) is 5.57 Å². The molecule has 3 aromatic rings. The molecule has 0 unspecified atom stereocenters. The molecule has 4 rings (SSSR count). The minimum atomic E-state index is -0.349. The lowest BCUT2D eigenvalue weighted by atomic mass is 9.99. The van der Waals surface area contributed by atoms with Crippen LogP contribution in [0.5, 0.6) is 0 Å². The van der Waals surface area contributed by atoms with E-state index in [0.29, 0.717) is 17.0 Å². The zero-order chi connectivity index (χ0) is 21.4. The van der Waals surface area contributed by atoms with Gasteiger partial charge in [-0.2, -0.15) is 0 Å². The van der Waals surface area contributed by atoms with Crippen molar-refractivity contribution in [2.45, 2.75) is 27.7 Å². The highest BCUT2D eigenvalue weighted by atomic mass is 16.2. The number of aryl methyl sites for hydroxylation is 4. The summed E-state index contributed by atoms with van der Waals surface area (Å²) in [5.74, 6) is -0.667. The predicted octanol–water partition coefficient (Wildman–Crippen LogP) is 5.32. The minimum Gasteiger partial charge on any atom is -0.350 e. The number of para-hydroxylation sites is 1. The summed E-state index contributed by atoms with van der Waals surface area (Å²) in [5.41, 5.74) is 7.17. The Kier molecular flexibility index (Phi) is 5.00. The van der Waals surface area contributed by atoms with E-state index in [1.807, 2.05) is 76.2 Å². The largest absolute Gasteiger partial charge is 0.350 e. The molecule has 0 saturated heterocycles. The number of hydrogen-bond donors (Lipinski definition) is 1. The SMILES string of the molecule is Cc1cc(C)cc(NC2=C(c3ccc(C)c(C)c3)C(=O)N(c3ccccc3)C2=O)c1. The van der Waals surface area contributed by atoms with Gasteiger partial charge in [0.15, 0.2) is 0 Å². The van der Waals surface area contributed by atoms with Gasteiger partial charge in [-0.05, 0) is 79.8 Å². The number of nitrogens with one attached hydrogen (secondary N) is 1. The first-order valence-corrected chi connectivity index (χ1v) is 9.96. The second-order valence-electron chi connectivity index (χ2n) is 7.83. The van der Waals surface area contributed by atoms with Crippen molar-refractivity contribution in [1.82, 2.24) is 0 Å². The monoisotopic (exact) mass is 396 g/mol. The van der Waals surface area contributed by atoms with Crippen LogP contribution in [-0.4, -0.2) is 11.8 Å². The lowest BCUT2D eigenvalue weighted by Gasteiger charge is -2.15. The molecule has 1 aliphatic heterocycles. The minimum absolute atomic E-state index is 0.303. The lowest BCUT2D eigenvalue weighted by Crippen LogP contribution is -2.32. The van der Waals surface area contributed by atoms with Gasteiger partial charge in [0.1, 0.15) is 5.70 Å². The summed E-state index contributed by atoms with van der Waals surface area (Å²) >= 11 is 0. The van der Waals surface area contributed by atoms with Crippen LogP contribution in [0.1, 0.15) is 27.8 Å². The van der Waals surface area contributed by atoms with Crippen LogP contribution in [0.15, 0.2) is 72.4 Å². The summed E-state index contributed by atoms with van der Waals surface area (Å²) in [5, 5.41) is 3.25. The van der Waals surface area contributed by atoms with Crippen molar-refractivity contribution < 1.29 is 9.59 Å². The van der Waals surface area contributed by atoms with Crippen molar-refractivity contribution in [3.05, 3.63) is 100 Å². The number of rotatable bonds is 4. The smallest absolute Gasteiger partial charge is 0.282 e. The number of hydrogen-bond acceptors (Lipinski definition) is 3. The summed E-state index contributed by atoms with van der Waals surface area (Å²) in [4.78, 5) is 28.1. The van der Waals surface area contributed by atoms with E-state index in [2.05, 4.69) is 11.4 Å². The summed E-state index contributed by atoms with van der Waals surface area (Å²) < 4.78 is 0. The fraction of sp³-hybridized carbons (Fsp3) is 0.154. The molecule has 150 valence electrons. The molecule has 4 nitrogen and oxygen atoms in total. The van der Waals surface area contributed by atoms with Gasteiger partial charge in [0.25, 0.3) is 11.8 Å². The molecular weight excluding hydrogens is 372 g/mol. The summed E-state index contributed by atoms with van der Waals surface area (Å²) in [7, 11) is 0. The first kappa shape index (κ1) is 19.6. The lowest BCUT2D eigenvalue weighted by molar-refractivity contribution is -0.120. The Morgan fingerprint density at radius 1 is 0.700 bits per heavy atom. The second-order valence-corrected chi connectivity index (χ2v) is 7.83. The van der Waals surface area contributed by atoms with Gasteiger partial charge in [-0.25, -0.2) is 4.90 Å². The van der Waals surface area contributed by atoms with Crippen LogP contribution < -0.4 is 10.2 Å². The zero-order valence-corrected chi connectivity index (χ0v) is 17.6. The Balaban J connectivity index is 1.86. The Labute approximate surface area is 176 Å². The van der Waals surface area contributed by atoms with Crippen LogP contribution in [0.2, 0.25) is 0 Å². The molecule has 3 aromatic carbocycles. The zero-order valence-electron chi connectivity index (χ0n) is 17.6. The van der Waals surface area contributed by atoms with E-state index in [1.54, 1.807) is 12.1 Å². The van der Waals surface area contributed by atoms with Gasteiger partial charge >= 0.3 is 0 Å². The van der Waals surface area contributed by atoms with Crippen molar-refractivity contribution in [3.63, 3.8) is 0 Å². The topological polar surface area (TPSA) is 49.4 Å². The van der Waals surface area contributed by atoms with Gasteiger partial charge in [-0.15, -0.1) is 0 Å². The number of anilines is 2. The number of nitrogens with zero attached hydrogens (tertiary/aromatic N) is 1. The third-order valence-electron chi connectivity index (χ3n) is 5.38. The predicted molar refractivity (Wildman–Crippen MR) is 121 cm³/mol. The second kappa shape index (κ2) is 7.64. The fourth-order valence-corrected chi connectivity index (χ4v) is 3.81. The molecule has 4 heteroatoms. The molecule has 0 bridgehead atoms. The fourth-order valence-electron chi connectivity index (χ4n) is 3.81. The molecule has 0 saturated carbocycles. The highest BCUT2D eigenvalue weighted by Gasteiger charge is 2.40. The Morgan fingerprint density at radius 3 is 2.00 bits per heavy atom. The van der Waals surface area contributed by atoms with Crippen molar-refractivity contribution in [3.8, 4) is 0 Å². The Hall–Kier alpha value is -3.66. The normalized spacial score (nSPS) is 13.9. The molecule has 1 aliphatic rings. The maximum Gasteiger partial charge on any atom is 0.282 e. The molecule has 1 heterocycles. The van der Waals surface area contributed by atoms with Crippen molar-refractivity contribution in [2.75, 3.05) is 10.2 Å². The van der Waals surface area contributed by atoms with E-state index in [-0.39, 0.29) is 11.8 Å². The van der Waals surface area contributed by atoms with Gasteiger partial charge in [-0.1, -0.05) is 42.5 Å². The van der Waals surface area contributed by atoms with Gasteiger partial charge in [0.2, 0.25) is 0 Å². The number of benzene rings is 3. The van der Waals surface area contributed by atoms with E-state index in [0.717, 1.165) is 33.5 Å². The van der Waals surface area contributed by atoms with E-state index in [1.165, 1.54) is 4.90 Å². The van der Waals surface area contributed by atoms with E-state index < -0.39 is 0 Å². The van der Waals surface area contributed by atoms with E-state index in [4.69, 9.17) is 0 Å². The van der Waals surface area contributed by atoms with Crippen molar-refractivity contribution in [2.24, 2.45) is 0 Å². The highest BCUT2D eigenvalue weighted by Crippen LogP contribution is 2.34. The average Bonchev–Trinajstić information content (AvgIpc) is 2.94. The van der Waals surface area contributed by atoms with E-state index in [9.17, 15) is 9.59 Å². The van der Waals surface area contributed by atoms with Gasteiger partial charge in [0.05, 0.1) is 11.3 Å². The molecule has 0 spiro atoms. The third kappa shape index (κ3) is 3.52. The van der Waals surface area contributed by atoms with Crippen LogP contribution in [0.3, 0.4) is 0 Å². The van der Waals surface area contributed by atoms with Crippen LogP contribution in [0.4, 0.5) is 11.4 Å². The van der Waals surface area contributed by atoms with Gasteiger partial charge in [-0.3, -0.25) is 9.59 Å². The van der Waals surface area contributed by atoms with Crippen LogP contribution in [0, 0.1) is 27.7 Å². The highest BCUT2D eigenvalue weighted by molar-refractivity contribution is 6.46. The van der Waals surface area contributed by atoms with Crippen LogP contribution >= 0.6 is 0 Å². The molecule has 0 aliphatic carbocycles. The maximum atomic E-state index is 13.5. The molecule has 0 radical (unpaired) electrons. The molecule has 0 aromatic heterocycles. The number of carbonyl (C=O) groups is 2. The molecule has 1 N–H and O–H groups in total. The molecular formula is C26H24N2O2. The van der Waals surface area contributed by atoms with Gasteiger partial charge < -0.3 is 5.32 Å². The first-order chi connectivity index (χ1) is 14.3. The number of carbonyl (C=O) groups excluding carboxylic acids is 2. The Bertz CT molecular complexity index is 1170. The molecule has 30 heavy (non-hydrogen) atoms. The molecule has 0 fully saturated rings. The summed E-state index contributed by atoms with van der Waals surface area (Å²) in [6, 6.07) is 20.9. The molecule has 2 amide bonds. The van der Waals surface area contributed by atoms with E-state index >= 15 is 0 Å². The maximum absolute atomic E-state index is 13.5. The van der Waals surface area contributed by atoms with Crippen molar-refractivity contribution >= 4 is 28.8 Å². The summed E-state index contributed by atoms with van der Waals surface area (Å²) in [6.45, 7) is 8.05. The standard InChI is InChI=1S/C26H24N2O2/c1-16-12-17(2)14-21(13-16)27-24-23(20-11-10-18(3)19(4)15-20)25(29)28(26(24)30)22-8-6-5-7-9-22/h5-15,27H,1-4H3. The van der Waals surface area contributed by atoms with Gasteiger partial charge in [0, 0.05) is 5.69 Å². The quantitative estimate of drug-likeness (QED) is 0.608. The number of amides is 2. The van der Waals surface area contributed by atoms with Crippen molar-refractivity contribution in [1.29, 1.82) is 0 Å². The van der Waals surface area contributed by atoms with Crippen LogP contribution in [-0.2, 0) is 9.59 Å². The average molecular weight is 396 g/mol. The first-order valence-electron chi connectivity index (χ1n) is 9.96.